The lowest BCUT2D eigenvalue weighted by atomic mass is 10.0. The Morgan fingerprint density at radius 1 is 0.566 bits per heavy atom. The van der Waals surface area contributed by atoms with Gasteiger partial charge in [0.05, 0.1) is 13.2 Å². The lowest BCUT2D eigenvalue weighted by molar-refractivity contribution is -0.147. The average molecular weight is 772 g/mol. The molecule has 0 aromatic carbocycles. The lowest BCUT2D eigenvalue weighted by Gasteiger charge is -2.15. The second kappa shape index (κ2) is 40.2. The summed E-state index contributed by atoms with van der Waals surface area (Å²) in [5.74, 6) is -0.524. The van der Waals surface area contributed by atoms with Gasteiger partial charge in [-0.15, -0.1) is 0 Å². The maximum Gasteiger partial charge on any atom is 0.472 e. The predicted molar refractivity (Wildman–Crippen MR) is 220 cm³/mol. The summed E-state index contributed by atoms with van der Waals surface area (Å²) in [5.41, 5.74) is 0. The van der Waals surface area contributed by atoms with Crippen LogP contribution < -0.4 is 5.32 Å². The number of rotatable bonds is 41. The van der Waals surface area contributed by atoms with Crippen LogP contribution in [0.5, 0.6) is 0 Å². The SMILES string of the molecule is CCCC/C=C\CCCCCCCC(=O)OCC(O)COP(=O)(O)OCCNC(=O)CCCCCCCCCCCCC/C=C/CCCCCCCC. The van der Waals surface area contributed by atoms with Gasteiger partial charge in [0.15, 0.2) is 0 Å². The summed E-state index contributed by atoms with van der Waals surface area (Å²) in [6, 6.07) is 0. The summed E-state index contributed by atoms with van der Waals surface area (Å²) in [5, 5.41) is 12.7. The molecule has 0 aliphatic rings. The summed E-state index contributed by atoms with van der Waals surface area (Å²) in [6.45, 7) is 3.51. The van der Waals surface area contributed by atoms with Crippen LogP contribution in [0.3, 0.4) is 0 Å². The van der Waals surface area contributed by atoms with Gasteiger partial charge < -0.3 is 20.1 Å². The van der Waals surface area contributed by atoms with Crippen LogP contribution in [0.15, 0.2) is 24.3 Å². The number of esters is 1. The molecule has 10 heteroatoms. The van der Waals surface area contributed by atoms with Crippen LogP contribution in [0, 0.1) is 0 Å². The molecular formula is C43H82NO8P. The second-order valence-corrected chi connectivity index (χ2v) is 16.1. The number of allylic oxidation sites excluding steroid dienone is 4. The zero-order valence-corrected chi connectivity index (χ0v) is 35.1. The van der Waals surface area contributed by atoms with E-state index >= 15 is 0 Å². The molecule has 0 aromatic rings. The highest BCUT2D eigenvalue weighted by molar-refractivity contribution is 7.47. The van der Waals surface area contributed by atoms with Crippen molar-refractivity contribution in [3.63, 3.8) is 0 Å². The van der Waals surface area contributed by atoms with Crippen LogP contribution in [0.25, 0.3) is 0 Å². The highest BCUT2D eigenvalue weighted by atomic mass is 31.2. The van der Waals surface area contributed by atoms with E-state index in [1.54, 1.807) is 0 Å². The fraction of sp³-hybridized carbons (Fsp3) is 0.860. The summed E-state index contributed by atoms with van der Waals surface area (Å²) in [6.07, 6.45) is 42.6. The van der Waals surface area contributed by atoms with Gasteiger partial charge in [-0.3, -0.25) is 18.6 Å². The fourth-order valence-electron chi connectivity index (χ4n) is 6.00. The molecule has 1 amide bonds. The molecule has 0 aromatic heterocycles. The number of aliphatic hydroxyl groups is 1. The van der Waals surface area contributed by atoms with Crippen molar-refractivity contribution in [3.05, 3.63) is 24.3 Å². The van der Waals surface area contributed by atoms with Gasteiger partial charge in [-0.1, -0.05) is 160 Å². The molecule has 0 radical (unpaired) electrons. The lowest BCUT2D eigenvalue weighted by Crippen LogP contribution is -2.27. The highest BCUT2D eigenvalue weighted by Gasteiger charge is 2.23. The van der Waals surface area contributed by atoms with Gasteiger partial charge in [0.2, 0.25) is 5.91 Å². The Bertz CT molecular complexity index is 928. The largest absolute Gasteiger partial charge is 0.472 e. The maximum absolute atomic E-state index is 12.1. The number of nitrogens with one attached hydrogen (secondary N) is 1. The van der Waals surface area contributed by atoms with Gasteiger partial charge in [-0.2, -0.15) is 0 Å². The summed E-state index contributed by atoms with van der Waals surface area (Å²) in [4.78, 5) is 33.8. The minimum absolute atomic E-state index is 0.0823. The normalized spacial score (nSPS) is 13.5. The van der Waals surface area contributed by atoms with E-state index in [0.29, 0.717) is 6.42 Å². The molecule has 0 aliphatic carbocycles. The minimum Gasteiger partial charge on any atom is -0.463 e. The van der Waals surface area contributed by atoms with Gasteiger partial charge >= 0.3 is 13.8 Å². The Hall–Kier alpha value is -1.51. The molecule has 0 saturated carbocycles. The van der Waals surface area contributed by atoms with E-state index in [1.807, 2.05) is 0 Å². The van der Waals surface area contributed by atoms with Crippen molar-refractivity contribution >= 4 is 19.7 Å². The Morgan fingerprint density at radius 3 is 1.47 bits per heavy atom. The number of ether oxygens (including phenoxy) is 1. The summed E-state index contributed by atoms with van der Waals surface area (Å²) in [7, 11) is -4.41. The van der Waals surface area contributed by atoms with Crippen LogP contribution in [0.4, 0.5) is 0 Å². The van der Waals surface area contributed by atoms with E-state index in [-0.39, 0.29) is 32.1 Å². The van der Waals surface area contributed by atoms with Gasteiger partial charge in [0.1, 0.15) is 12.7 Å². The van der Waals surface area contributed by atoms with Crippen molar-refractivity contribution in [1.29, 1.82) is 0 Å². The maximum atomic E-state index is 12.1. The number of amides is 1. The second-order valence-electron chi connectivity index (χ2n) is 14.7. The number of carbonyl (C=O) groups is 2. The van der Waals surface area contributed by atoms with Gasteiger partial charge in [-0.25, -0.2) is 4.57 Å². The smallest absolute Gasteiger partial charge is 0.463 e. The Morgan fingerprint density at radius 2 is 0.981 bits per heavy atom. The zero-order chi connectivity index (χ0) is 38.9. The highest BCUT2D eigenvalue weighted by Crippen LogP contribution is 2.42. The molecule has 0 spiro atoms. The number of hydrogen-bond acceptors (Lipinski definition) is 7. The number of carbonyl (C=O) groups excluding carboxylic acids is 2. The van der Waals surface area contributed by atoms with Crippen LogP contribution in [-0.2, 0) is 27.9 Å². The van der Waals surface area contributed by atoms with Crippen LogP contribution in [0.1, 0.15) is 206 Å². The van der Waals surface area contributed by atoms with Crippen molar-refractivity contribution in [1.82, 2.24) is 5.32 Å². The number of phosphoric acid groups is 1. The first-order valence-electron chi connectivity index (χ1n) is 21.8. The predicted octanol–water partition coefficient (Wildman–Crippen LogP) is 12.0. The summed E-state index contributed by atoms with van der Waals surface area (Å²) < 4.78 is 26.8. The molecule has 53 heavy (non-hydrogen) atoms. The monoisotopic (exact) mass is 772 g/mol. The van der Waals surface area contributed by atoms with Gasteiger partial charge in [-0.05, 0) is 57.8 Å². The third-order valence-corrected chi connectivity index (χ3v) is 10.3. The number of phosphoric ester groups is 1. The molecule has 0 fully saturated rings. The van der Waals surface area contributed by atoms with E-state index in [1.165, 1.54) is 116 Å². The van der Waals surface area contributed by atoms with Crippen LogP contribution >= 0.6 is 7.82 Å². The topological polar surface area (TPSA) is 131 Å². The van der Waals surface area contributed by atoms with E-state index in [0.717, 1.165) is 64.2 Å². The molecule has 0 bridgehead atoms. The Labute approximate surface area is 325 Å². The Kier molecular flexibility index (Phi) is 39.0. The molecule has 0 saturated heterocycles. The standard InChI is InChI=1S/C43H82NO8P/c1-3-5-7-9-11-13-15-16-17-18-19-20-21-22-23-24-26-27-29-31-33-35-42(46)44-37-38-51-53(48,49)52-40-41(45)39-50-43(47)36-34-32-30-28-25-14-12-10-8-6-4-2/h10,12,16-17,41,45H,3-9,11,13-15,18-40H2,1-2H3,(H,44,46)(H,48,49)/b12-10-,17-16+. The third-order valence-electron chi connectivity index (χ3n) is 9.35. The third kappa shape index (κ3) is 41.5. The molecule has 0 heterocycles. The van der Waals surface area contributed by atoms with E-state index < -0.39 is 26.5 Å². The number of hydrogen-bond donors (Lipinski definition) is 3. The van der Waals surface area contributed by atoms with Gasteiger partial charge in [0.25, 0.3) is 0 Å². The first-order chi connectivity index (χ1) is 25.8. The average Bonchev–Trinajstić information content (AvgIpc) is 3.14. The van der Waals surface area contributed by atoms with Crippen molar-refractivity contribution in [2.75, 3.05) is 26.4 Å². The first-order valence-corrected chi connectivity index (χ1v) is 23.3. The zero-order valence-electron chi connectivity index (χ0n) is 34.2. The first kappa shape index (κ1) is 51.5. The number of aliphatic hydroxyl groups excluding tert-OH is 1. The molecule has 0 rings (SSSR count). The Balaban J connectivity index is 3.55. The minimum atomic E-state index is -4.41. The molecule has 2 atom stereocenters. The van der Waals surface area contributed by atoms with Crippen molar-refractivity contribution in [3.8, 4) is 0 Å². The molecule has 2 unspecified atom stereocenters. The quantitative estimate of drug-likeness (QED) is 0.0242. The van der Waals surface area contributed by atoms with E-state index in [9.17, 15) is 24.2 Å². The van der Waals surface area contributed by atoms with E-state index in [2.05, 4.69) is 43.5 Å². The molecular weight excluding hydrogens is 689 g/mol. The summed E-state index contributed by atoms with van der Waals surface area (Å²) >= 11 is 0. The van der Waals surface area contributed by atoms with Gasteiger partial charge in [0, 0.05) is 19.4 Å². The molecule has 9 nitrogen and oxygen atoms in total. The van der Waals surface area contributed by atoms with Crippen molar-refractivity contribution in [2.45, 2.75) is 213 Å². The number of unbranched alkanes of at least 4 members (excludes halogenated alkanes) is 24. The van der Waals surface area contributed by atoms with Crippen LogP contribution in [0.2, 0.25) is 0 Å². The van der Waals surface area contributed by atoms with E-state index in [4.69, 9.17) is 13.8 Å². The molecule has 3 N–H and O–H groups in total. The fourth-order valence-corrected chi connectivity index (χ4v) is 6.76. The van der Waals surface area contributed by atoms with Crippen LogP contribution in [-0.4, -0.2) is 54.3 Å². The molecule has 0 aliphatic heterocycles. The van der Waals surface area contributed by atoms with Crippen molar-refractivity contribution in [2.24, 2.45) is 0 Å². The van der Waals surface area contributed by atoms with Crippen molar-refractivity contribution < 1.29 is 37.9 Å². The molecule has 312 valence electrons.